The van der Waals surface area contributed by atoms with Crippen LogP contribution in [0.1, 0.15) is 11.1 Å². The third kappa shape index (κ3) is 6.42. The lowest BCUT2D eigenvalue weighted by Crippen LogP contribution is -2.21. The molecule has 3 aromatic carbocycles. The highest BCUT2D eigenvalue weighted by molar-refractivity contribution is 6.30. The molecule has 0 aliphatic carbocycles. The van der Waals surface area contributed by atoms with Crippen molar-refractivity contribution in [2.24, 2.45) is 0 Å². The van der Waals surface area contributed by atoms with Gasteiger partial charge in [0.25, 0.3) is 11.8 Å². The van der Waals surface area contributed by atoms with E-state index in [1.54, 1.807) is 24.3 Å². The number of amides is 2. The van der Waals surface area contributed by atoms with Crippen molar-refractivity contribution in [1.29, 1.82) is 5.26 Å². The van der Waals surface area contributed by atoms with Crippen LogP contribution in [0.2, 0.25) is 5.02 Å². The topological polar surface area (TPSA) is 91.2 Å². The predicted octanol–water partition coefficient (Wildman–Crippen LogP) is 5.35. The van der Waals surface area contributed by atoms with E-state index >= 15 is 0 Å². The van der Waals surface area contributed by atoms with Crippen molar-refractivity contribution in [3.63, 3.8) is 0 Å². The quantitative estimate of drug-likeness (QED) is 0.365. The van der Waals surface area contributed by atoms with Gasteiger partial charge in [0.2, 0.25) is 0 Å². The Kier molecular flexibility index (Phi) is 7.79. The van der Waals surface area contributed by atoms with E-state index in [9.17, 15) is 19.2 Å². The Morgan fingerprint density at radius 2 is 1.76 bits per heavy atom. The van der Waals surface area contributed by atoms with Gasteiger partial charge in [-0.05, 0) is 55.0 Å². The molecular formula is C25H19ClFN3O3. The predicted molar refractivity (Wildman–Crippen MR) is 125 cm³/mol. The number of halogens is 2. The summed E-state index contributed by atoms with van der Waals surface area (Å²) in [5.41, 5.74) is 1.60. The molecule has 2 N–H and O–H groups in total. The van der Waals surface area contributed by atoms with Crippen molar-refractivity contribution >= 4 is 40.9 Å². The molecule has 0 atom stereocenters. The number of nitrogens with one attached hydrogen (secondary N) is 2. The molecule has 0 fully saturated rings. The van der Waals surface area contributed by atoms with Crippen molar-refractivity contribution in [1.82, 2.24) is 0 Å². The maximum Gasteiger partial charge on any atom is 0.266 e. The number of hydrogen-bond acceptors (Lipinski definition) is 4. The van der Waals surface area contributed by atoms with Crippen molar-refractivity contribution < 1.29 is 18.7 Å². The molecule has 0 heterocycles. The maximum atomic E-state index is 13.7. The highest BCUT2D eigenvalue weighted by Gasteiger charge is 2.14. The van der Waals surface area contributed by atoms with Gasteiger partial charge in [0.05, 0.1) is 5.69 Å². The van der Waals surface area contributed by atoms with Gasteiger partial charge in [-0.25, -0.2) is 4.39 Å². The smallest absolute Gasteiger partial charge is 0.266 e. The average Bonchev–Trinajstić information content (AvgIpc) is 2.79. The van der Waals surface area contributed by atoms with Crippen LogP contribution in [0.4, 0.5) is 15.8 Å². The Balaban J connectivity index is 1.76. The first kappa shape index (κ1) is 23.5. The number of carbonyl (C=O) groups is 2. The molecule has 6 nitrogen and oxygen atoms in total. The van der Waals surface area contributed by atoms with Crippen LogP contribution in [-0.2, 0) is 9.59 Å². The van der Waals surface area contributed by atoms with E-state index in [4.69, 9.17) is 16.3 Å². The molecule has 0 aliphatic rings. The third-order valence-electron chi connectivity index (χ3n) is 4.54. The van der Waals surface area contributed by atoms with Gasteiger partial charge in [0, 0.05) is 16.3 Å². The fraction of sp³-hybridized carbons (Fsp3) is 0.0800. The molecule has 0 aliphatic heterocycles. The number of ether oxygens (including phenoxy) is 1. The summed E-state index contributed by atoms with van der Waals surface area (Å²) >= 11 is 6.07. The van der Waals surface area contributed by atoms with Crippen LogP contribution in [-0.4, -0.2) is 18.4 Å². The Bertz CT molecular complexity index is 1270. The summed E-state index contributed by atoms with van der Waals surface area (Å²) in [7, 11) is 0. The first-order valence-corrected chi connectivity index (χ1v) is 10.2. The summed E-state index contributed by atoms with van der Waals surface area (Å²) < 4.78 is 19.3. The second-order valence-corrected chi connectivity index (χ2v) is 7.37. The Morgan fingerprint density at radius 1 is 1.06 bits per heavy atom. The number of benzene rings is 3. The summed E-state index contributed by atoms with van der Waals surface area (Å²) in [5, 5.41) is 15.0. The number of rotatable bonds is 7. The number of carbonyl (C=O) groups excluding carboxylic acids is 2. The van der Waals surface area contributed by atoms with Crippen LogP contribution in [0.3, 0.4) is 0 Å². The van der Waals surface area contributed by atoms with E-state index < -0.39 is 24.2 Å². The standard InChI is InChI=1S/C25H19ClFN3O3/c1-16-6-2-4-8-21(16)30-25(32)18(14-28)12-17-13-19(26)10-11-23(17)33-15-24(31)29-22-9-5-3-7-20(22)27/h2-13H,15H2,1H3,(H,29,31)(H,30,32)/b18-12-. The van der Waals surface area contributed by atoms with E-state index in [1.165, 1.54) is 36.4 Å². The van der Waals surface area contributed by atoms with Crippen molar-refractivity contribution in [3.8, 4) is 11.8 Å². The van der Waals surface area contributed by atoms with Gasteiger partial charge in [-0.2, -0.15) is 5.26 Å². The molecule has 33 heavy (non-hydrogen) atoms. The highest BCUT2D eigenvalue weighted by atomic mass is 35.5. The summed E-state index contributed by atoms with van der Waals surface area (Å²) in [5.74, 6) is -1.53. The van der Waals surface area contributed by atoms with Gasteiger partial charge in [-0.1, -0.05) is 41.9 Å². The zero-order valence-corrected chi connectivity index (χ0v) is 18.3. The lowest BCUT2D eigenvalue weighted by molar-refractivity contribution is -0.118. The third-order valence-corrected chi connectivity index (χ3v) is 4.77. The zero-order valence-electron chi connectivity index (χ0n) is 17.6. The Hall–Kier alpha value is -4.15. The minimum Gasteiger partial charge on any atom is -0.483 e. The van der Waals surface area contributed by atoms with E-state index in [0.29, 0.717) is 16.3 Å². The molecule has 8 heteroatoms. The summed E-state index contributed by atoms with van der Waals surface area (Å²) in [4.78, 5) is 24.8. The molecule has 166 valence electrons. The van der Waals surface area contributed by atoms with Crippen molar-refractivity contribution in [2.45, 2.75) is 6.92 Å². The average molecular weight is 464 g/mol. The molecule has 0 bridgehead atoms. The van der Waals surface area contributed by atoms with Gasteiger partial charge in [-0.15, -0.1) is 0 Å². The first-order valence-electron chi connectivity index (χ1n) is 9.83. The van der Waals surface area contributed by atoms with Crippen LogP contribution in [0.5, 0.6) is 5.75 Å². The fourth-order valence-corrected chi connectivity index (χ4v) is 3.04. The zero-order chi connectivity index (χ0) is 23.8. The number of nitrogens with zero attached hydrogens (tertiary/aromatic N) is 1. The van der Waals surface area contributed by atoms with Gasteiger partial charge >= 0.3 is 0 Å². The van der Waals surface area contributed by atoms with Crippen LogP contribution in [0.25, 0.3) is 6.08 Å². The minimum atomic E-state index is -0.602. The second kappa shape index (κ2) is 10.9. The Labute approximate surface area is 195 Å². The van der Waals surface area contributed by atoms with Gasteiger partial charge in [0.1, 0.15) is 23.2 Å². The number of anilines is 2. The first-order chi connectivity index (χ1) is 15.9. The van der Waals surface area contributed by atoms with Crippen LogP contribution in [0.15, 0.2) is 72.3 Å². The second-order valence-electron chi connectivity index (χ2n) is 6.94. The van der Waals surface area contributed by atoms with Crippen molar-refractivity contribution in [3.05, 3.63) is 94.3 Å². The SMILES string of the molecule is Cc1ccccc1NC(=O)/C(C#N)=C\c1cc(Cl)ccc1OCC(=O)Nc1ccccc1F. The summed E-state index contributed by atoms with van der Waals surface area (Å²) in [6.45, 7) is 1.41. The molecular weight excluding hydrogens is 445 g/mol. The molecule has 2 amide bonds. The van der Waals surface area contributed by atoms with Crippen molar-refractivity contribution in [2.75, 3.05) is 17.2 Å². The molecule has 3 rings (SSSR count). The largest absolute Gasteiger partial charge is 0.483 e. The van der Waals surface area contributed by atoms with Crippen LogP contribution in [0, 0.1) is 24.1 Å². The summed E-state index contributed by atoms with van der Waals surface area (Å²) in [6.07, 6.45) is 1.32. The van der Waals surface area contributed by atoms with Gasteiger partial charge < -0.3 is 15.4 Å². The number of hydrogen-bond donors (Lipinski definition) is 2. The van der Waals surface area contributed by atoms with Crippen LogP contribution < -0.4 is 15.4 Å². The van der Waals surface area contributed by atoms with E-state index in [-0.39, 0.29) is 17.0 Å². The summed E-state index contributed by atoms with van der Waals surface area (Å²) in [6, 6.07) is 19.4. The highest BCUT2D eigenvalue weighted by Crippen LogP contribution is 2.26. The molecule has 0 saturated heterocycles. The van der Waals surface area contributed by atoms with E-state index in [1.807, 2.05) is 25.1 Å². The maximum absolute atomic E-state index is 13.7. The molecule has 3 aromatic rings. The molecule has 0 aromatic heterocycles. The van der Waals surface area contributed by atoms with E-state index in [2.05, 4.69) is 10.6 Å². The lowest BCUT2D eigenvalue weighted by Gasteiger charge is -2.11. The number of nitriles is 1. The normalized spacial score (nSPS) is 10.8. The van der Waals surface area contributed by atoms with E-state index in [0.717, 1.165) is 5.56 Å². The Morgan fingerprint density at radius 3 is 2.45 bits per heavy atom. The fourth-order valence-electron chi connectivity index (χ4n) is 2.86. The number of aryl methyl sites for hydroxylation is 1. The number of para-hydroxylation sites is 2. The van der Waals surface area contributed by atoms with Crippen LogP contribution >= 0.6 is 11.6 Å². The minimum absolute atomic E-state index is 0.0296. The molecule has 0 spiro atoms. The molecule has 0 radical (unpaired) electrons. The van der Waals surface area contributed by atoms with Gasteiger partial charge in [0.15, 0.2) is 6.61 Å². The molecule has 0 saturated carbocycles. The molecule has 0 unspecified atom stereocenters. The van der Waals surface area contributed by atoms with Gasteiger partial charge in [-0.3, -0.25) is 9.59 Å². The monoisotopic (exact) mass is 463 g/mol. The lowest BCUT2D eigenvalue weighted by atomic mass is 10.1.